The largest absolute Gasteiger partial charge is 0.368 e. The Labute approximate surface area is 221 Å². The Balaban J connectivity index is 1.60. The van der Waals surface area contributed by atoms with Crippen molar-refractivity contribution in [1.82, 2.24) is 4.90 Å². The molecule has 0 bridgehead atoms. The van der Waals surface area contributed by atoms with E-state index in [1.54, 1.807) is 0 Å². The molecule has 1 heterocycles. The molecule has 3 unspecified atom stereocenters. The zero-order valence-corrected chi connectivity index (χ0v) is 24.0. The number of likely N-dealkylation sites (tertiary alicyclic amines) is 1. The lowest BCUT2D eigenvalue weighted by Crippen LogP contribution is -2.63. The number of primary amides is 1. The Bertz CT molecular complexity index is 946. The molecule has 2 aliphatic carbocycles. The van der Waals surface area contributed by atoms with Crippen molar-refractivity contribution < 1.29 is 4.79 Å². The van der Waals surface area contributed by atoms with E-state index in [1.807, 2.05) is 0 Å². The summed E-state index contributed by atoms with van der Waals surface area (Å²) in [4.78, 5) is 16.2. The Hall–Kier alpha value is -1.27. The second-order valence-corrected chi connectivity index (χ2v) is 15.5. The van der Waals surface area contributed by atoms with Crippen molar-refractivity contribution in [3.63, 3.8) is 0 Å². The molecule has 2 aromatic rings. The van der Waals surface area contributed by atoms with Gasteiger partial charge < -0.3 is 5.73 Å². The quantitative estimate of drug-likeness (QED) is 0.403. The van der Waals surface area contributed by atoms with Gasteiger partial charge in [0.25, 0.3) is 0 Å². The zero-order chi connectivity index (χ0) is 25.2. The lowest BCUT2D eigenvalue weighted by atomic mass is 9.71. The van der Waals surface area contributed by atoms with Crippen molar-refractivity contribution in [1.29, 1.82) is 0 Å². The maximum atomic E-state index is 13.8. The Kier molecular flexibility index (Phi) is 8.22. The fourth-order valence-corrected chi connectivity index (χ4v) is 13.4. The average molecular weight is 523 g/mol. The van der Waals surface area contributed by atoms with Crippen molar-refractivity contribution in [2.75, 3.05) is 13.6 Å². The number of rotatable bonds is 7. The second kappa shape index (κ2) is 11.2. The number of benzene rings is 2. The highest BCUT2D eigenvalue weighted by molar-refractivity contribution is 7.60. The third-order valence-corrected chi connectivity index (χ3v) is 14.7. The maximum Gasteiger partial charge on any atom is 0.239 e. The van der Waals surface area contributed by atoms with Gasteiger partial charge in [0.2, 0.25) is 5.91 Å². The van der Waals surface area contributed by atoms with E-state index in [9.17, 15) is 4.79 Å². The van der Waals surface area contributed by atoms with Gasteiger partial charge in [-0.3, -0.25) is 9.69 Å². The number of nitrogens with zero attached hydrogens (tertiary/aromatic N) is 1. The van der Waals surface area contributed by atoms with Crippen molar-refractivity contribution in [3.05, 3.63) is 71.8 Å². The minimum absolute atomic E-state index is 0.152. The summed E-state index contributed by atoms with van der Waals surface area (Å²) < 4.78 is 0. The van der Waals surface area contributed by atoms with Crippen LogP contribution in [-0.4, -0.2) is 46.9 Å². The number of nitrogens with two attached hydrogens (primary N) is 1. The molecule has 0 spiro atoms. The molecule has 0 radical (unpaired) electrons. The molecule has 3 atom stereocenters. The molecule has 36 heavy (non-hydrogen) atoms. The standard InChI is InChI=1S/C31H44N2OP2/c1-33-23-28(36(26-18-10-4-11-19-26)27-20-12-5-13-21-27)22-30(33,29(32)34)31(35,24-14-6-2-7-15-24)25-16-8-3-9-17-25/h2-3,6-9,14-17,26-28H,4-5,10-13,18-23,35H2,1H3,(H2,32,34). The van der Waals surface area contributed by atoms with E-state index in [-0.39, 0.29) is 13.8 Å². The Morgan fingerprint density at radius 2 is 1.28 bits per heavy atom. The summed E-state index contributed by atoms with van der Waals surface area (Å²) >= 11 is 0. The number of likely N-dealkylation sites (N-methyl/N-ethyl adjacent to an activating group) is 1. The van der Waals surface area contributed by atoms with E-state index in [0.29, 0.717) is 5.66 Å². The summed E-state index contributed by atoms with van der Waals surface area (Å²) in [7, 11) is 5.18. The molecular weight excluding hydrogens is 478 g/mol. The minimum atomic E-state index is -0.783. The molecule has 0 aromatic heterocycles. The fraction of sp³-hybridized carbons (Fsp3) is 0.581. The van der Waals surface area contributed by atoms with Gasteiger partial charge in [-0.15, -0.1) is 9.24 Å². The van der Waals surface area contributed by atoms with Crippen LogP contribution in [0.3, 0.4) is 0 Å². The van der Waals surface area contributed by atoms with Crippen LogP contribution in [-0.2, 0) is 9.95 Å². The third-order valence-electron chi connectivity index (χ3n) is 9.60. The zero-order valence-electron chi connectivity index (χ0n) is 21.9. The molecule has 1 saturated heterocycles. The molecule has 5 rings (SSSR count). The normalized spacial score (nSPS) is 26.9. The molecule has 3 aliphatic rings. The molecule has 1 amide bonds. The van der Waals surface area contributed by atoms with Gasteiger partial charge in [-0.1, -0.05) is 107 Å². The smallest absolute Gasteiger partial charge is 0.239 e. The van der Waals surface area contributed by atoms with Crippen LogP contribution in [0.5, 0.6) is 0 Å². The summed E-state index contributed by atoms with van der Waals surface area (Å²) in [6.07, 6.45) is 14.8. The van der Waals surface area contributed by atoms with Gasteiger partial charge in [0.1, 0.15) is 5.54 Å². The first kappa shape index (κ1) is 26.3. The molecule has 194 valence electrons. The van der Waals surface area contributed by atoms with Crippen LogP contribution in [0, 0.1) is 0 Å². The van der Waals surface area contributed by atoms with Gasteiger partial charge >= 0.3 is 0 Å². The SMILES string of the molecule is CN1CC(P(C2CCCCC2)C2CCCCC2)CC1(C(N)=O)C(P)(c1ccccc1)c1ccccc1. The van der Waals surface area contributed by atoms with Gasteiger partial charge in [-0.25, -0.2) is 0 Å². The Morgan fingerprint density at radius 3 is 1.69 bits per heavy atom. The van der Waals surface area contributed by atoms with Crippen molar-refractivity contribution in [2.45, 2.75) is 98.3 Å². The van der Waals surface area contributed by atoms with E-state index in [0.717, 1.165) is 35.4 Å². The topological polar surface area (TPSA) is 46.3 Å². The van der Waals surface area contributed by atoms with Crippen LogP contribution < -0.4 is 5.73 Å². The fourth-order valence-electron chi connectivity index (χ4n) is 7.88. The highest BCUT2D eigenvalue weighted by atomic mass is 31.1. The summed E-state index contributed by atoms with van der Waals surface area (Å²) in [5.41, 5.74) is 10.3. The third kappa shape index (κ3) is 4.59. The van der Waals surface area contributed by atoms with Crippen LogP contribution in [0.1, 0.15) is 81.8 Å². The van der Waals surface area contributed by atoms with Crippen molar-refractivity contribution in [2.24, 2.45) is 5.73 Å². The molecular formula is C31H44N2OP2. The maximum absolute atomic E-state index is 13.8. The van der Waals surface area contributed by atoms with Crippen LogP contribution in [0.15, 0.2) is 60.7 Å². The van der Waals surface area contributed by atoms with Gasteiger partial charge in [0.05, 0.1) is 5.16 Å². The molecule has 2 N–H and O–H groups in total. The number of hydrogen-bond donors (Lipinski definition) is 1. The predicted octanol–water partition coefficient (Wildman–Crippen LogP) is 6.88. The number of amides is 1. The average Bonchev–Trinajstić information content (AvgIpc) is 3.28. The molecule has 2 saturated carbocycles. The monoisotopic (exact) mass is 522 g/mol. The van der Waals surface area contributed by atoms with Gasteiger partial charge in [0, 0.05) is 6.54 Å². The molecule has 3 fully saturated rings. The first-order valence-corrected chi connectivity index (χ1v) is 16.3. The minimum Gasteiger partial charge on any atom is -0.368 e. The summed E-state index contributed by atoms with van der Waals surface area (Å²) in [6.45, 7) is 0.984. The second-order valence-electron chi connectivity index (χ2n) is 11.5. The van der Waals surface area contributed by atoms with Gasteiger partial charge in [-0.05, 0) is 67.3 Å². The highest BCUT2D eigenvalue weighted by Crippen LogP contribution is 2.65. The lowest BCUT2D eigenvalue weighted by Gasteiger charge is -2.49. The van der Waals surface area contributed by atoms with Crippen molar-refractivity contribution >= 4 is 23.1 Å². The van der Waals surface area contributed by atoms with Gasteiger partial charge in [0.15, 0.2) is 0 Å². The van der Waals surface area contributed by atoms with Crippen molar-refractivity contribution in [3.8, 4) is 0 Å². The molecule has 2 aromatic carbocycles. The number of carbonyl (C=O) groups excluding carboxylic acids is 1. The molecule has 3 nitrogen and oxygen atoms in total. The van der Waals surface area contributed by atoms with E-state index >= 15 is 0 Å². The van der Waals surface area contributed by atoms with Crippen LogP contribution in [0.2, 0.25) is 0 Å². The molecule has 1 aliphatic heterocycles. The highest BCUT2D eigenvalue weighted by Gasteiger charge is 2.62. The van der Waals surface area contributed by atoms with Crippen LogP contribution >= 0.6 is 17.2 Å². The summed E-state index contributed by atoms with van der Waals surface area (Å²) in [5, 5.41) is -0.606. The van der Waals surface area contributed by atoms with Gasteiger partial charge in [-0.2, -0.15) is 0 Å². The van der Waals surface area contributed by atoms with E-state index in [4.69, 9.17) is 5.73 Å². The lowest BCUT2D eigenvalue weighted by molar-refractivity contribution is -0.129. The summed E-state index contributed by atoms with van der Waals surface area (Å²) in [6, 6.07) is 21.2. The van der Waals surface area contributed by atoms with E-state index in [2.05, 4.69) is 81.9 Å². The van der Waals surface area contributed by atoms with Crippen LogP contribution in [0.25, 0.3) is 0 Å². The number of carbonyl (C=O) groups is 1. The summed E-state index contributed by atoms with van der Waals surface area (Å²) in [5.74, 6) is -0.183. The van der Waals surface area contributed by atoms with E-state index in [1.165, 1.54) is 64.2 Å². The first-order chi connectivity index (χ1) is 17.5. The molecule has 5 heteroatoms. The predicted molar refractivity (Wildman–Crippen MR) is 157 cm³/mol. The van der Waals surface area contributed by atoms with E-state index < -0.39 is 10.7 Å². The first-order valence-electron chi connectivity index (χ1n) is 14.2. The Morgan fingerprint density at radius 1 is 0.833 bits per heavy atom. The number of hydrogen-bond acceptors (Lipinski definition) is 2. The van der Waals surface area contributed by atoms with Crippen LogP contribution in [0.4, 0.5) is 0 Å².